The number of nitrogens with zero attached hydrogens (tertiary/aromatic N) is 1. The van der Waals surface area contributed by atoms with Gasteiger partial charge in [-0.1, -0.05) is 6.07 Å². The molecule has 0 aliphatic heterocycles. The minimum Gasteiger partial charge on any atom is -0.330 e. The van der Waals surface area contributed by atoms with Gasteiger partial charge in [0.1, 0.15) is 0 Å². The molecule has 0 aliphatic rings. The Balaban J connectivity index is 2.63. The maximum absolute atomic E-state index is 10.2. The van der Waals surface area contributed by atoms with Crippen molar-refractivity contribution in [2.45, 2.75) is 5.92 Å². The molecule has 4 nitrogen and oxygen atoms in total. The van der Waals surface area contributed by atoms with E-state index in [0.717, 1.165) is 4.88 Å². The Bertz CT molecular complexity index is 248. The van der Waals surface area contributed by atoms with E-state index in [0.29, 0.717) is 6.54 Å². The molecule has 0 bridgehead atoms. The summed E-state index contributed by atoms with van der Waals surface area (Å²) in [5.74, 6) is -0.125. The predicted molar refractivity (Wildman–Crippen MR) is 48.0 cm³/mol. The normalized spacial score (nSPS) is 12.8. The molecule has 12 heavy (non-hydrogen) atoms. The summed E-state index contributed by atoms with van der Waals surface area (Å²) >= 11 is 1.51. The highest BCUT2D eigenvalue weighted by atomic mass is 32.1. The van der Waals surface area contributed by atoms with Crippen LogP contribution in [0.5, 0.6) is 0 Å². The average molecular weight is 186 g/mol. The third kappa shape index (κ3) is 2.28. The Morgan fingerprint density at radius 2 is 2.50 bits per heavy atom. The molecule has 0 aliphatic carbocycles. The summed E-state index contributed by atoms with van der Waals surface area (Å²) in [6.07, 6.45) is 0. The lowest BCUT2D eigenvalue weighted by Gasteiger charge is -2.06. The van der Waals surface area contributed by atoms with Crippen molar-refractivity contribution in [3.05, 3.63) is 32.5 Å². The molecule has 0 amide bonds. The fourth-order valence-corrected chi connectivity index (χ4v) is 1.82. The number of thiophene rings is 1. The highest BCUT2D eigenvalue weighted by Gasteiger charge is 2.16. The fourth-order valence-electron chi connectivity index (χ4n) is 0.984. The maximum atomic E-state index is 10.2. The van der Waals surface area contributed by atoms with Crippen LogP contribution in [0.3, 0.4) is 0 Å². The van der Waals surface area contributed by atoms with Gasteiger partial charge >= 0.3 is 0 Å². The molecule has 0 fully saturated rings. The first-order valence-electron chi connectivity index (χ1n) is 3.59. The molecule has 1 aromatic heterocycles. The van der Waals surface area contributed by atoms with Gasteiger partial charge in [-0.05, 0) is 11.4 Å². The number of hydrogen-bond donors (Lipinski definition) is 1. The van der Waals surface area contributed by atoms with E-state index in [4.69, 9.17) is 5.73 Å². The van der Waals surface area contributed by atoms with Crippen molar-refractivity contribution < 1.29 is 4.92 Å². The van der Waals surface area contributed by atoms with E-state index in [-0.39, 0.29) is 17.4 Å². The largest absolute Gasteiger partial charge is 0.330 e. The quantitative estimate of drug-likeness (QED) is 0.564. The first-order chi connectivity index (χ1) is 5.74. The molecule has 66 valence electrons. The molecular formula is C7H10N2O2S. The monoisotopic (exact) mass is 186 g/mol. The second-order valence-electron chi connectivity index (χ2n) is 2.46. The molecule has 0 aromatic carbocycles. The van der Waals surface area contributed by atoms with Gasteiger partial charge in [0.05, 0.1) is 5.92 Å². The molecule has 5 heteroatoms. The first kappa shape index (κ1) is 9.15. The third-order valence-electron chi connectivity index (χ3n) is 1.60. The van der Waals surface area contributed by atoms with Crippen molar-refractivity contribution in [2.75, 3.05) is 13.1 Å². The summed E-state index contributed by atoms with van der Waals surface area (Å²) in [5, 5.41) is 12.1. The molecule has 2 N–H and O–H groups in total. The summed E-state index contributed by atoms with van der Waals surface area (Å²) in [6, 6.07) is 3.76. The lowest BCUT2D eigenvalue weighted by molar-refractivity contribution is -0.482. The standard InChI is InChI=1S/C7H10N2O2S/c8-4-6(5-9(10)11)7-2-1-3-12-7/h1-3,6H,4-5,8H2. The summed E-state index contributed by atoms with van der Waals surface area (Å²) < 4.78 is 0. The Morgan fingerprint density at radius 1 is 1.75 bits per heavy atom. The van der Waals surface area contributed by atoms with Gasteiger partial charge in [-0.15, -0.1) is 11.3 Å². The topological polar surface area (TPSA) is 69.2 Å². The Labute approximate surface area is 74.2 Å². The van der Waals surface area contributed by atoms with Crippen LogP contribution in [0.15, 0.2) is 17.5 Å². The van der Waals surface area contributed by atoms with Crippen molar-refractivity contribution >= 4 is 11.3 Å². The van der Waals surface area contributed by atoms with E-state index in [2.05, 4.69) is 0 Å². The number of rotatable bonds is 4. The van der Waals surface area contributed by atoms with Crippen molar-refractivity contribution in [3.8, 4) is 0 Å². The zero-order valence-electron chi connectivity index (χ0n) is 6.47. The molecule has 0 saturated heterocycles. The summed E-state index contributed by atoms with van der Waals surface area (Å²) in [6.45, 7) is 0.262. The van der Waals surface area contributed by atoms with Gasteiger partial charge < -0.3 is 5.73 Å². The van der Waals surface area contributed by atoms with Crippen LogP contribution in [0.2, 0.25) is 0 Å². The van der Waals surface area contributed by atoms with Gasteiger partial charge in [0, 0.05) is 16.3 Å². The van der Waals surface area contributed by atoms with Crippen LogP contribution in [-0.2, 0) is 0 Å². The van der Waals surface area contributed by atoms with E-state index in [1.54, 1.807) is 0 Å². The van der Waals surface area contributed by atoms with Crippen molar-refractivity contribution in [1.82, 2.24) is 0 Å². The van der Waals surface area contributed by atoms with E-state index >= 15 is 0 Å². The number of nitrogens with two attached hydrogens (primary N) is 1. The van der Waals surface area contributed by atoms with Crippen LogP contribution < -0.4 is 5.73 Å². The minimum atomic E-state index is -0.322. The minimum absolute atomic E-state index is 0.0724. The molecule has 0 radical (unpaired) electrons. The summed E-state index contributed by atoms with van der Waals surface area (Å²) in [7, 11) is 0. The molecule has 1 heterocycles. The zero-order valence-corrected chi connectivity index (χ0v) is 7.29. The van der Waals surface area contributed by atoms with Crippen LogP contribution in [0.4, 0.5) is 0 Å². The average Bonchev–Trinajstić information content (AvgIpc) is 2.51. The predicted octanol–water partition coefficient (Wildman–Crippen LogP) is 1.07. The second kappa shape index (κ2) is 4.18. The van der Waals surface area contributed by atoms with Gasteiger partial charge in [0.15, 0.2) is 0 Å². The lowest BCUT2D eigenvalue weighted by Crippen LogP contribution is -2.19. The third-order valence-corrected chi connectivity index (χ3v) is 2.63. The lowest BCUT2D eigenvalue weighted by atomic mass is 10.1. The second-order valence-corrected chi connectivity index (χ2v) is 3.44. The van der Waals surface area contributed by atoms with E-state index < -0.39 is 0 Å². The molecule has 1 atom stereocenters. The van der Waals surface area contributed by atoms with Crippen molar-refractivity contribution in [2.24, 2.45) is 5.73 Å². The van der Waals surface area contributed by atoms with E-state index in [1.807, 2.05) is 17.5 Å². The molecule has 0 saturated carbocycles. The van der Waals surface area contributed by atoms with Gasteiger partial charge in [-0.25, -0.2) is 0 Å². The smallest absolute Gasteiger partial charge is 0.212 e. The SMILES string of the molecule is NCC(C[N+](=O)[O-])c1cccs1. The van der Waals surface area contributed by atoms with Crippen LogP contribution in [-0.4, -0.2) is 18.0 Å². The van der Waals surface area contributed by atoms with Crippen LogP contribution in [0.1, 0.15) is 10.8 Å². The Hall–Kier alpha value is -0.940. The zero-order chi connectivity index (χ0) is 8.97. The molecule has 0 spiro atoms. The summed E-state index contributed by atoms with van der Waals surface area (Å²) in [4.78, 5) is 10.9. The Kier molecular flexibility index (Phi) is 3.19. The highest BCUT2D eigenvalue weighted by molar-refractivity contribution is 7.10. The Morgan fingerprint density at radius 3 is 2.92 bits per heavy atom. The molecule has 1 rings (SSSR count). The van der Waals surface area contributed by atoms with Crippen LogP contribution >= 0.6 is 11.3 Å². The van der Waals surface area contributed by atoms with Gasteiger partial charge in [0.25, 0.3) is 0 Å². The van der Waals surface area contributed by atoms with Gasteiger partial charge in [-0.3, -0.25) is 10.1 Å². The van der Waals surface area contributed by atoms with E-state index in [1.165, 1.54) is 11.3 Å². The first-order valence-corrected chi connectivity index (χ1v) is 4.47. The van der Waals surface area contributed by atoms with Crippen molar-refractivity contribution in [3.63, 3.8) is 0 Å². The highest BCUT2D eigenvalue weighted by Crippen LogP contribution is 2.19. The number of hydrogen-bond acceptors (Lipinski definition) is 4. The fraction of sp³-hybridized carbons (Fsp3) is 0.429. The molecular weight excluding hydrogens is 176 g/mol. The van der Waals surface area contributed by atoms with Gasteiger partial charge in [-0.2, -0.15) is 0 Å². The molecule has 1 unspecified atom stereocenters. The van der Waals surface area contributed by atoms with Crippen LogP contribution in [0, 0.1) is 10.1 Å². The van der Waals surface area contributed by atoms with Gasteiger partial charge in [0.2, 0.25) is 6.54 Å². The molecule has 1 aromatic rings. The number of nitro groups is 1. The maximum Gasteiger partial charge on any atom is 0.212 e. The van der Waals surface area contributed by atoms with E-state index in [9.17, 15) is 10.1 Å². The summed E-state index contributed by atoms with van der Waals surface area (Å²) in [5.41, 5.74) is 5.41. The van der Waals surface area contributed by atoms with Crippen molar-refractivity contribution in [1.29, 1.82) is 0 Å². The van der Waals surface area contributed by atoms with Crippen LogP contribution in [0.25, 0.3) is 0 Å².